The first-order chi connectivity index (χ1) is 13.8. The molecule has 0 aromatic carbocycles. The Kier molecular flexibility index (Phi) is 9.60. The number of alkyl halides is 8. The van der Waals surface area contributed by atoms with Crippen molar-refractivity contribution >= 4 is 34.7 Å². The molecule has 14 heteroatoms. The molecule has 0 saturated carbocycles. The molecule has 3 unspecified atom stereocenters. The zero-order chi connectivity index (χ0) is 24.4. The molecule has 31 heavy (non-hydrogen) atoms. The standard InChI is InChI=1S/C17H24F6I2NO5/c1-8(2)6-9(29-12(27)10(24)11-25-26-11)7-15(16(18,19)20,17(21,22)23)31-13(28)30-14(3,4)5/h8-11,26H,6-7H2,1-5H3/q-1. The SMILES string of the molecule is CC(C)CC(CC(OC(=O)OC(C)(C)C)(C(F)(F)F)C(F)(F)F)OC(=O)C(I)C1N[I-]1. The van der Waals surface area contributed by atoms with Crippen LogP contribution < -0.4 is 25.0 Å². The Morgan fingerprint density at radius 1 is 1.03 bits per heavy atom. The molecule has 3 atom stereocenters. The maximum atomic E-state index is 13.8. The molecule has 0 aromatic rings. The van der Waals surface area contributed by atoms with Gasteiger partial charge in [0, 0.05) is 0 Å². The van der Waals surface area contributed by atoms with Crippen molar-refractivity contribution in [2.45, 2.75) is 85.1 Å². The van der Waals surface area contributed by atoms with Crippen molar-refractivity contribution in [3.63, 3.8) is 0 Å². The summed E-state index contributed by atoms with van der Waals surface area (Å²) < 4.78 is 98.3. The van der Waals surface area contributed by atoms with Gasteiger partial charge in [-0.2, -0.15) is 0 Å². The molecule has 1 rings (SSSR count). The average molecular weight is 690 g/mol. The van der Waals surface area contributed by atoms with Gasteiger partial charge in [-0.15, -0.1) is 0 Å². The second-order valence-corrected chi connectivity index (χ2v) is 12.2. The predicted molar refractivity (Wildman–Crippen MR) is 101 cm³/mol. The molecule has 0 bridgehead atoms. The van der Waals surface area contributed by atoms with E-state index < -0.39 is 79.5 Å². The van der Waals surface area contributed by atoms with Crippen LogP contribution in [-0.4, -0.2) is 49.8 Å². The Morgan fingerprint density at radius 3 is 1.87 bits per heavy atom. The second-order valence-electron chi connectivity index (χ2n) is 8.30. The first kappa shape index (κ1) is 28.8. The number of halogens is 8. The van der Waals surface area contributed by atoms with Crippen LogP contribution in [0.1, 0.15) is 47.5 Å². The summed E-state index contributed by atoms with van der Waals surface area (Å²) in [7, 11) is 0. The summed E-state index contributed by atoms with van der Waals surface area (Å²) in [5.74, 6) is -1.32. The molecule has 0 aromatic heterocycles. The molecule has 1 aliphatic heterocycles. The minimum absolute atomic E-state index is 0.153. The summed E-state index contributed by atoms with van der Waals surface area (Å²) in [6, 6.07) is 0. The van der Waals surface area contributed by atoms with Crippen molar-refractivity contribution in [3.05, 3.63) is 0 Å². The van der Waals surface area contributed by atoms with Gasteiger partial charge in [0.1, 0.15) is 0 Å². The van der Waals surface area contributed by atoms with Crippen molar-refractivity contribution in [3.8, 4) is 0 Å². The van der Waals surface area contributed by atoms with Crippen molar-refractivity contribution in [1.29, 1.82) is 0 Å². The Morgan fingerprint density at radius 2 is 1.52 bits per heavy atom. The molecular formula is C17H24F6I2NO5-. The molecule has 1 saturated heterocycles. The molecule has 0 spiro atoms. The summed E-state index contributed by atoms with van der Waals surface area (Å²) in [4.78, 5) is 24.1. The van der Waals surface area contributed by atoms with Crippen molar-refractivity contribution in [2.24, 2.45) is 5.92 Å². The number of esters is 1. The van der Waals surface area contributed by atoms with Gasteiger partial charge in [0.25, 0.3) is 0 Å². The van der Waals surface area contributed by atoms with E-state index in [2.05, 4.69) is 13.0 Å². The third-order valence-electron chi connectivity index (χ3n) is 3.81. The van der Waals surface area contributed by atoms with Crippen LogP contribution in [0.4, 0.5) is 31.1 Å². The van der Waals surface area contributed by atoms with Crippen LogP contribution in [0.25, 0.3) is 0 Å². The number of carbonyl (C=O) groups is 2. The molecule has 1 N–H and O–H groups in total. The number of carbonyl (C=O) groups excluding carboxylic acids is 2. The predicted octanol–water partition coefficient (Wildman–Crippen LogP) is 1.89. The number of hydrogen-bond acceptors (Lipinski definition) is 6. The van der Waals surface area contributed by atoms with Crippen molar-refractivity contribution in [1.82, 2.24) is 3.53 Å². The van der Waals surface area contributed by atoms with Crippen LogP contribution in [0, 0.1) is 5.92 Å². The molecule has 184 valence electrons. The molecule has 1 fully saturated rings. The van der Waals surface area contributed by atoms with Crippen LogP contribution in [-0.2, 0) is 19.0 Å². The van der Waals surface area contributed by atoms with E-state index in [1.807, 2.05) is 0 Å². The van der Waals surface area contributed by atoms with Gasteiger partial charge in [-0.05, 0) is 0 Å². The van der Waals surface area contributed by atoms with Gasteiger partial charge in [-0.25, -0.2) is 0 Å². The molecule has 0 amide bonds. The Labute approximate surface area is 200 Å². The van der Waals surface area contributed by atoms with Gasteiger partial charge in [0.2, 0.25) is 0 Å². The van der Waals surface area contributed by atoms with Gasteiger partial charge in [0.15, 0.2) is 0 Å². The van der Waals surface area contributed by atoms with E-state index in [1.165, 1.54) is 20.8 Å². The fourth-order valence-corrected chi connectivity index (χ4v) is 5.58. The number of ether oxygens (including phenoxy) is 3. The fraction of sp³-hybridized carbons (Fsp3) is 0.882. The zero-order valence-electron chi connectivity index (χ0n) is 17.3. The number of nitrogens with one attached hydrogen (secondary N) is 1. The van der Waals surface area contributed by atoms with Crippen molar-refractivity contribution < 1.29 is 71.6 Å². The van der Waals surface area contributed by atoms with E-state index in [0.717, 1.165) is 0 Å². The summed E-state index contributed by atoms with van der Waals surface area (Å²) >= 11 is 1.29. The Balaban J connectivity index is 3.28. The van der Waals surface area contributed by atoms with E-state index in [9.17, 15) is 35.9 Å². The van der Waals surface area contributed by atoms with Crippen LogP contribution in [0.3, 0.4) is 0 Å². The zero-order valence-corrected chi connectivity index (χ0v) is 21.6. The van der Waals surface area contributed by atoms with Gasteiger partial charge in [-0.1, -0.05) is 0 Å². The van der Waals surface area contributed by atoms with Gasteiger partial charge < -0.3 is 0 Å². The number of rotatable bonds is 8. The van der Waals surface area contributed by atoms with Gasteiger partial charge in [0.05, 0.1) is 0 Å². The van der Waals surface area contributed by atoms with Crippen molar-refractivity contribution in [2.75, 3.05) is 0 Å². The summed E-state index contributed by atoms with van der Waals surface area (Å²) in [5, 5.41) is 0. The second kappa shape index (κ2) is 10.3. The average Bonchev–Trinajstić information content (AvgIpc) is 3.33. The molecule has 0 aliphatic carbocycles. The first-order valence-electron chi connectivity index (χ1n) is 9.07. The molecule has 1 aliphatic rings. The maximum absolute atomic E-state index is 13.8. The van der Waals surface area contributed by atoms with E-state index >= 15 is 0 Å². The van der Waals surface area contributed by atoms with Gasteiger partial charge in [-0.3, -0.25) is 0 Å². The van der Waals surface area contributed by atoms with Gasteiger partial charge >= 0.3 is 201 Å². The summed E-state index contributed by atoms with van der Waals surface area (Å²) in [6.07, 6.45) is -18.1. The molecular weight excluding hydrogens is 666 g/mol. The third-order valence-corrected chi connectivity index (χ3v) is 8.48. The third kappa shape index (κ3) is 8.55. The van der Waals surface area contributed by atoms with E-state index in [0.29, 0.717) is 0 Å². The monoisotopic (exact) mass is 690 g/mol. The van der Waals surface area contributed by atoms with E-state index in [1.54, 1.807) is 36.4 Å². The molecule has 0 radical (unpaired) electrons. The number of hydrogen-bond donors (Lipinski definition) is 1. The van der Waals surface area contributed by atoms with Crippen LogP contribution in [0.15, 0.2) is 0 Å². The first-order valence-corrected chi connectivity index (χ1v) is 12.6. The fourth-order valence-electron chi connectivity index (χ4n) is 2.48. The summed E-state index contributed by atoms with van der Waals surface area (Å²) in [5.41, 5.74) is -6.30. The molecule has 1 heterocycles. The molecule has 6 nitrogen and oxygen atoms in total. The Bertz CT molecular complexity index is 632. The van der Waals surface area contributed by atoms with Crippen LogP contribution in [0.5, 0.6) is 0 Å². The summed E-state index contributed by atoms with van der Waals surface area (Å²) in [6.45, 7) is 6.88. The topological polar surface area (TPSA) is 83.8 Å². The Hall–Kier alpha value is -0.260. The van der Waals surface area contributed by atoms with Crippen LogP contribution >= 0.6 is 22.6 Å². The van der Waals surface area contributed by atoms with E-state index in [4.69, 9.17) is 4.74 Å². The normalized spacial score (nSPS) is 19.8. The van der Waals surface area contributed by atoms with E-state index in [-0.39, 0.29) is 10.5 Å². The quantitative estimate of drug-likeness (QED) is 0.0798. The minimum atomic E-state index is -6.04. The van der Waals surface area contributed by atoms with Crippen LogP contribution in [0.2, 0.25) is 0 Å².